The Morgan fingerprint density at radius 3 is 2.59 bits per heavy atom. The number of hydrogen-bond acceptors (Lipinski definition) is 6. The zero-order valence-electron chi connectivity index (χ0n) is 15.3. The third-order valence-electron chi connectivity index (χ3n) is 4.51. The molecule has 0 spiro atoms. The van der Waals surface area contributed by atoms with Gasteiger partial charge in [0.05, 0.1) is 22.9 Å². The quantitative estimate of drug-likeness (QED) is 0.554. The third kappa shape index (κ3) is 3.48. The predicted octanol–water partition coefficient (Wildman–Crippen LogP) is 3.78. The molecule has 9 heteroatoms. The lowest BCUT2D eigenvalue weighted by Gasteiger charge is -2.22. The summed E-state index contributed by atoms with van der Waals surface area (Å²) in [5.41, 5.74) is 1.18. The number of rotatable bonds is 3. The molecule has 0 aliphatic carbocycles. The van der Waals surface area contributed by atoms with Gasteiger partial charge in [-0.3, -0.25) is 9.36 Å². The molecule has 1 aliphatic rings. The topological polar surface area (TPSA) is 60.7 Å². The summed E-state index contributed by atoms with van der Waals surface area (Å²) < 4.78 is 6.93. The lowest BCUT2D eigenvalue weighted by molar-refractivity contribution is -0.136. The standard InChI is InChI=1S/C20H14Cl2N2O3S2/c1-10-16(19(26)27-2)17(14-7-4-8-28-14)24-18(25)15(29-20(24)23-10)9-11-12(21)5-3-6-13(11)22/h3-9,17H,1-2H3/b15-9-/t17-/m1/s1. The van der Waals surface area contributed by atoms with E-state index in [9.17, 15) is 9.59 Å². The largest absolute Gasteiger partial charge is 0.466 e. The average molecular weight is 465 g/mol. The molecule has 5 nitrogen and oxygen atoms in total. The van der Waals surface area contributed by atoms with Gasteiger partial charge < -0.3 is 4.74 Å². The first kappa shape index (κ1) is 20.1. The van der Waals surface area contributed by atoms with Crippen molar-refractivity contribution in [2.45, 2.75) is 13.0 Å². The summed E-state index contributed by atoms with van der Waals surface area (Å²) in [6.45, 7) is 1.74. The van der Waals surface area contributed by atoms with Crippen molar-refractivity contribution in [1.29, 1.82) is 0 Å². The number of carbonyl (C=O) groups excluding carboxylic acids is 1. The highest BCUT2D eigenvalue weighted by molar-refractivity contribution is 7.10. The molecule has 3 aromatic rings. The zero-order chi connectivity index (χ0) is 20.7. The molecule has 148 valence electrons. The van der Waals surface area contributed by atoms with Gasteiger partial charge in [0.15, 0.2) is 4.80 Å². The van der Waals surface area contributed by atoms with Gasteiger partial charge in [0.2, 0.25) is 0 Å². The fourth-order valence-electron chi connectivity index (χ4n) is 3.19. The van der Waals surface area contributed by atoms with Gasteiger partial charge >= 0.3 is 5.97 Å². The highest BCUT2D eigenvalue weighted by atomic mass is 35.5. The van der Waals surface area contributed by atoms with Crippen molar-refractivity contribution in [3.05, 3.63) is 87.2 Å². The number of nitrogens with zero attached hydrogens (tertiary/aromatic N) is 2. The first-order valence-electron chi connectivity index (χ1n) is 8.50. The van der Waals surface area contributed by atoms with Crippen LogP contribution < -0.4 is 14.9 Å². The van der Waals surface area contributed by atoms with Gasteiger partial charge in [-0.05, 0) is 36.6 Å². The molecule has 0 unspecified atom stereocenters. The maximum Gasteiger partial charge on any atom is 0.338 e. The van der Waals surface area contributed by atoms with E-state index in [1.54, 1.807) is 31.2 Å². The Kier molecular flexibility index (Phi) is 5.48. The van der Waals surface area contributed by atoms with Crippen molar-refractivity contribution in [1.82, 2.24) is 4.57 Å². The molecule has 0 saturated heterocycles. The van der Waals surface area contributed by atoms with E-state index in [0.717, 1.165) is 4.88 Å². The molecule has 0 saturated carbocycles. The molecule has 3 heterocycles. The molecule has 0 fully saturated rings. The van der Waals surface area contributed by atoms with Crippen molar-refractivity contribution in [2.75, 3.05) is 7.11 Å². The minimum absolute atomic E-state index is 0.267. The minimum Gasteiger partial charge on any atom is -0.466 e. The van der Waals surface area contributed by atoms with Crippen LogP contribution in [0.3, 0.4) is 0 Å². The van der Waals surface area contributed by atoms with Gasteiger partial charge in [-0.25, -0.2) is 9.79 Å². The lowest BCUT2D eigenvalue weighted by Crippen LogP contribution is -2.39. The Labute approximate surface area is 183 Å². The Balaban J connectivity index is 2.00. The van der Waals surface area contributed by atoms with Crippen LogP contribution in [0.25, 0.3) is 6.08 Å². The van der Waals surface area contributed by atoms with E-state index < -0.39 is 12.0 Å². The fourth-order valence-corrected chi connectivity index (χ4v) is 5.55. The summed E-state index contributed by atoms with van der Waals surface area (Å²) in [5, 5.41) is 2.80. The highest BCUT2D eigenvalue weighted by Gasteiger charge is 2.33. The Bertz CT molecular complexity index is 1300. The molecule has 2 aromatic heterocycles. The van der Waals surface area contributed by atoms with Gasteiger partial charge in [-0.2, -0.15) is 0 Å². The molecule has 1 aromatic carbocycles. The fraction of sp³-hybridized carbons (Fsp3) is 0.150. The summed E-state index contributed by atoms with van der Waals surface area (Å²) in [4.78, 5) is 31.7. The summed E-state index contributed by atoms with van der Waals surface area (Å²) >= 11 is 15.2. The summed E-state index contributed by atoms with van der Waals surface area (Å²) in [6.07, 6.45) is 1.66. The van der Waals surface area contributed by atoms with Crippen LogP contribution >= 0.6 is 45.9 Å². The number of fused-ring (bicyclic) bond motifs is 1. The first-order chi connectivity index (χ1) is 13.9. The number of halogens is 2. The number of esters is 1. The van der Waals surface area contributed by atoms with Crippen LogP contribution in [0.1, 0.15) is 23.4 Å². The number of thiazole rings is 1. The Hall–Kier alpha value is -2.19. The normalized spacial score (nSPS) is 16.6. The van der Waals surface area contributed by atoms with Crippen molar-refractivity contribution in [3.8, 4) is 0 Å². The highest BCUT2D eigenvalue weighted by Crippen LogP contribution is 2.33. The van der Waals surface area contributed by atoms with E-state index in [4.69, 9.17) is 27.9 Å². The number of thiophene rings is 1. The van der Waals surface area contributed by atoms with Crippen LogP contribution in [0.5, 0.6) is 0 Å². The Morgan fingerprint density at radius 1 is 1.24 bits per heavy atom. The molecular formula is C20H14Cl2N2O3S2. The Morgan fingerprint density at radius 2 is 1.97 bits per heavy atom. The van der Waals surface area contributed by atoms with Gasteiger partial charge in [-0.1, -0.05) is 46.7 Å². The van der Waals surface area contributed by atoms with Crippen LogP contribution in [-0.2, 0) is 9.53 Å². The van der Waals surface area contributed by atoms with Gasteiger partial charge in [0.25, 0.3) is 5.56 Å². The molecule has 0 bridgehead atoms. The second-order valence-corrected chi connectivity index (χ2v) is 9.03. The van der Waals surface area contributed by atoms with Crippen molar-refractivity contribution >= 4 is 57.9 Å². The number of carbonyl (C=O) groups is 1. The summed E-state index contributed by atoms with van der Waals surface area (Å²) in [5.74, 6) is -0.506. The SMILES string of the molecule is COC(=O)C1=C(C)N=c2s/c(=C\c3c(Cl)cccc3Cl)c(=O)n2[C@@H]1c1cccs1. The lowest BCUT2D eigenvalue weighted by atomic mass is 10.0. The molecule has 1 aliphatic heterocycles. The smallest absolute Gasteiger partial charge is 0.338 e. The number of ether oxygens (including phenoxy) is 1. The van der Waals surface area contributed by atoms with Crippen molar-refractivity contribution in [3.63, 3.8) is 0 Å². The number of allylic oxidation sites excluding steroid dienone is 1. The summed E-state index contributed by atoms with van der Waals surface area (Å²) in [7, 11) is 1.32. The maximum absolute atomic E-state index is 13.3. The van der Waals surface area contributed by atoms with E-state index in [-0.39, 0.29) is 5.56 Å². The van der Waals surface area contributed by atoms with Crippen molar-refractivity contribution < 1.29 is 9.53 Å². The predicted molar refractivity (Wildman–Crippen MR) is 117 cm³/mol. The molecule has 0 amide bonds. The van der Waals surface area contributed by atoms with Crippen LogP contribution in [0.2, 0.25) is 10.0 Å². The van der Waals surface area contributed by atoms with E-state index >= 15 is 0 Å². The zero-order valence-corrected chi connectivity index (χ0v) is 18.5. The second kappa shape index (κ2) is 7.91. The van der Waals surface area contributed by atoms with E-state index in [1.807, 2.05) is 17.5 Å². The van der Waals surface area contributed by atoms with E-state index in [1.165, 1.54) is 34.4 Å². The number of aromatic nitrogens is 1. The molecule has 4 rings (SSSR count). The first-order valence-corrected chi connectivity index (χ1v) is 11.0. The summed E-state index contributed by atoms with van der Waals surface area (Å²) in [6, 6.07) is 8.34. The second-order valence-electron chi connectivity index (χ2n) is 6.22. The van der Waals surface area contributed by atoms with Crippen LogP contribution in [0.4, 0.5) is 0 Å². The third-order valence-corrected chi connectivity index (χ3v) is 7.08. The van der Waals surface area contributed by atoms with Crippen molar-refractivity contribution in [2.24, 2.45) is 4.99 Å². The van der Waals surface area contributed by atoms with E-state index in [2.05, 4.69) is 4.99 Å². The number of hydrogen-bond donors (Lipinski definition) is 0. The average Bonchev–Trinajstić information content (AvgIpc) is 3.32. The molecular weight excluding hydrogens is 451 g/mol. The number of benzene rings is 1. The van der Waals surface area contributed by atoms with Crippen LogP contribution in [-0.4, -0.2) is 17.6 Å². The number of methoxy groups -OCH3 is 1. The molecule has 1 atom stereocenters. The van der Waals surface area contributed by atoms with Gasteiger partial charge in [0.1, 0.15) is 6.04 Å². The monoisotopic (exact) mass is 464 g/mol. The molecule has 0 N–H and O–H groups in total. The minimum atomic E-state index is -0.595. The van der Waals surface area contributed by atoms with Gasteiger partial charge in [0, 0.05) is 20.5 Å². The van der Waals surface area contributed by atoms with Crippen LogP contribution in [0, 0.1) is 0 Å². The van der Waals surface area contributed by atoms with Crippen LogP contribution in [0.15, 0.2) is 56.8 Å². The molecule has 29 heavy (non-hydrogen) atoms. The van der Waals surface area contributed by atoms with E-state index in [0.29, 0.717) is 36.2 Å². The maximum atomic E-state index is 13.3. The molecule has 0 radical (unpaired) electrons. The van der Waals surface area contributed by atoms with Gasteiger partial charge in [-0.15, -0.1) is 11.3 Å².